The molecule has 0 radical (unpaired) electrons. The van der Waals surface area contributed by atoms with Gasteiger partial charge in [-0.1, -0.05) is 28.1 Å². The fraction of sp³-hybridized carbons (Fsp3) is 0.200. The van der Waals surface area contributed by atoms with Crippen molar-refractivity contribution < 1.29 is 9.47 Å². The number of methoxy groups -OCH3 is 1. The molecule has 2 aromatic carbocycles. The van der Waals surface area contributed by atoms with Crippen LogP contribution in [0.25, 0.3) is 0 Å². The smallest absolute Gasteiger partial charge is 0.124 e. The standard InChI is InChI=1S/C15H16BrNO2/c1-18-15-7-4-13(16)8-12(15)10-19-9-11-2-5-14(17)6-3-11/h2-8H,9-10,17H2,1H3. The van der Waals surface area contributed by atoms with Crippen LogP contribution in [0.2, 0.25) is 0 Å². The highest BCUT2D eigenvalue weighted by atomic mass is 79.9. The monoisotopic (exact) mass is 321 g/mol. The third kappa shape index (κ3) is 3.98. The van der Waals surface area contributed by atoms with Crippen molar-refractivity contribution in [1.29, 1.82) is 0 Å². The number of hydrogen-bond donors (Lipinski definition) is 1. The van der Waals surface area contributed by atoms with Crippen LogP contribution < -0.4 is 10.5 Å². The first-order chi connectivity index (χ1) is 9.19. The lowest BCUT2D eigenvalue weighted by atomic mass is 10.2. The number of nitrogens with two attached hydrogens (primary N) is 1. The summed E-state index contributed by atoms with van der Waals surface area (Å²) in [5, 5.41) is 0. The molecule has 0 aromatic heterocycles. The molecule has 0 amide bonds. The molecular formula is C15H16BrNO2. The van der Waals surface area contributed by atoms with Crippen LogP contribution in [0.5, 0.6) is 5.75 Å². The normalized spacial score (nSPS) is 10.4. The van der Waals surface area contributed by atoms with Gasteiger partial charge in [0.05, 0.1) is 20.3 Å². The van der Waals surface area contributed by atoms with Gasteiger partial charge in [0, 0.05) is 15.7 Å². The van der Waals surface area contributed by atoms with Crippen LogP contribution in [0.3, 0.4) is 0 Å². The number of anilines is 1. The Kier molecular flexibility index (Phi) is 4.82. The van der Waals surface area contributed by atoms with Crippen molar-refractivity contribution in [3.05, 3.63) is 58.1 Å². The summed E-state index contributed by atoms with van der Waals surface area (Å²) in [6, 6.07) is 13.5. The molecule has 0 fully saturated rings. The summed E-state index contributed by atoms with van der Waals surface area (Å²) in [5.41, 5.74) is 8.52. The summed E-state index contributed by atoms with van der Waals surface area (Å²) < 4.78 is 12.0. The molecular weight excluding hydrogens is 306 g/mol. The second-order valence-corrected chi connectivity index (χ2v) is 5.11. The third-order valence-electron chi connectivity index (χ3n) is 2.75. The molecule has 0 aliphatic carbocycles. The molecule has 0 aliphatic rings. The van der Waals surface area contributed by atoms with Crippen molar-refractivity contribution in [3.63, 3.8) is 0 Å². The Morgan fingerprint density at radius 2 is 1.79 bits per heavy atom. The average Bonchev–Trinajstić information content (AvgIpc) is 2.41. The van der Waals surface area contributed by atoms with E-state index in [9.17, 15) is 0 Å². The molecule has 2 rings (SSSR count). The van der Waals surface area contributed by atoms with Crippen molar-refractivity contribution in [2.75, 3.05) is 12.8 Å². The summed E-state index contributed by atoms with van der Waals surface area (Å²) in [6.07, 6.45) is 0. The molecule has 0 saturated carbocycles. The molecule has 0 spiro atoms. The number of halogens is 1. The van der Waals surface area contributed by atoms with Gasteiger partial charge in [-0.3, -0.25) is 0 Å². The predicted molar refractivity (Wildman–Crippen MR) is 80.0 cm³/mol. The van der Waals surface area contributed by atoms with Gasteiger partial charge in [0.25, 0.3) is 0 Å². The number of rotatable bonds is 5. The minimum atomic E-state index is 0.507. The highest BCUT2D eigenvalue weighted by Gasteiger charge is 2.04. The first-order valence-corrected chi connectivity index (χ1v) is 6.73. The SMILES string of the molecule is COc1ccc(Br)cc1COCc1ccc(N)cc1. The zero-order chi connectivity index (χ0) is 13.7. The minimum absolute atomic E-state index is 0.507. The van der Waals surface area contributed by atoms with E-state index >= 15 is 0 Å². The quantitative estimate of drug-likeness (QED) is 0.853. The van der Waals surface area contributed by atoms with Crippen molar-refractivity contribution in [2.45, 2.75) is 13.2 Å². The molecule has 19 heavy (non-hydrogen) atoms. The molecule has 2 aromatic rings. The molecule has 0 saturated heterocycles. The van der Waals surface area contributed by atoms with Gasteiger partial charge < -0.3 is 15.2 Å². The molecule has 100 valence electrons. The van der Waals surface area contributed by atoms with E-state index < -0.39 is 0 Å². The van der Waals surface area contributed by atoms with Crippen molar-refractivity contribution >= 4 is 21.6 Å². The second kappa shape index (κ2) is 6.59. The Hall–Kier alpha value is -1.52. The van der Waals surface area contributed by atoms with Crippen LogP contribution in [0.1, 0.15) is 11.1 Å². The maximum atomic E-state index is 5.70. The van der Waals surface area contributed by atoms with Crippen molar-refractivity contribution in [1.82, 2.24) is 0 Å². The first kappa shape index (κ1) is 13.9. The van der Waals surface area contributed by atoms with Gasteiger partial charge in [-0.25, -0.2) is 0 Å². The van der Waals surface area contributed by atoms with E-state index in [1.54, 1.807) is 7.11 Å². The zero-order valence-electron chi connectivity index (χ0n) is 10.7. The van der Waals surface area contributed by atoms with E-state index in [1.807, 2.05) is 42.5 Å². The van der Waals surface area contributed by atoms with Crippen LogP contribution in [-0.4, -0.2) is 7.11 Å². The van der Waals surface area contributed by atoms with Crippen LogP contribution in [-0.2, 0) is 18.0 Å². The molecule has 0 atom stereocenters. The van der Waals surface area contributed by atoms with Gasteiger partial charge in [-0.2, -0.15) is 0 Å². The maximum Gasteiger partial charge on any atom is 0.124 e. The fourth-order valence-corrected chi connectivity index (χ4v) is 2.16. The molecule has 4 heteroatoms. The van der Waals surface area contributed by atoms with E-state index in [0.717, 1.165) is 27.0 Å². The third-order valence-corrected chi connectivity index (χ3v) is 3.24. The van der Waals surface area contributed by atoms with Crippen LogP contribution in [0.4, 0.5) is 5.69 Å². The Morgan fingerprint density at radius 3 is 2.47 bits per heavy atom. The van der Waals surface area contributed by atoms with E-state index in [1.165, 1.54) is 0 Å². The van der Waals surface area contributed by atoms with Crippen LogP contribution >= 0.6 is 15.9 Å². The highest BCUT2D eigenvalue weighted by molar-refractivity contribution is 9.10. The number of ether oxygens (including phenoxy) is 2. The Morgan fingerprint density at radius 1 is 1.05 bits per heavy atom. The second-order valence-electron chi connectivity index (χ2n) is 4.19. The summed E-state index contributed by atoms with van der Waals surface area (Å²) in [4.78, 5) is 0. The lowest BCUT2D eigenvalue weighted by Crippen LogP contribution is -1.97. The molecule has 0 aliphatic heterocycles. The predicted octanol–water partition coefficient (Wildman–Crippen LogP) is 3.76. The minimum Gasteiger partial charge on any atom is -0.496 e. The molecule has 0 heterocycles. The fourth-order valence-electron chi connectivity index (χ4n) is 1.75. The summed E-state index contributed by atoms with van der Waals surface area (Å²) in [5.74, 6) is 0.834. The summed E-state index contributed by atoms with van der Waals surface area (Å²) in [7, 11) is 1.66. The number of benzene rings is 2. The lowest BCUT2D eigenvalue weighted by molar-refractivity contribution is 0.105. The Bertz CT molecular complexity index is 540. The topological polar surface area (TPSA) is 44.5 Å². The highest BCUT2D eigenvalue weighted by Crippen LogP contribution is 2.24. The Balaban J connectivity index is 1.95. The number of hydrogen-bond acceptors (Lipinski definition) is 3. The molecule has 3 nitrogen and oxygen atoms in total. The Labute approximate surface area is 121 Å². The van der Waals surface area contributed by atoms with E-state index in [0.29, 0.717) is 13.2 Å². The summed E-state index contributed by atoms with van der Waals surface area (Å²) >= 11 is 3.45. The average molecular weight is 322 g/mol. The van der Waals surface area contributed by atoms with Crippen molar-refractivity contribution in [3.8, 4) is 5.75 Å². The van der Waals surface area contributed by atoms with E-state index in [4.69, 9.17) is 15.2 Å². The largest absolute Gasteiger partial charge is 0.496 e. The summed E-state index contributed by atoms with van der Waals surface area (Å²) in [6.45, 7) is 1.06. The van der Waals surface area contributed by atoms with Gasteiger partial charge in [-0.05, 0) is 35.9 Å². The van der Waals surface area contributed by atoms with Crippen LogP contribution in [0, 0.1) is 0 Å². The van der Waals surface area contributed by atoms with Crippen molar-refractivity contribution in [2.24, 2.45) is 0 Å². The maximum absolute atomic E-state index is 5.70. The van der Waals surface area contributed by atoms with Crippen LogP contribution in [0.15, 0.2) is 46.9 Å². The van der Waals surface area contributed by atoms with Gasteiger partial charge >= 0.3 is 0 Å². The first-order valence-electron chi connectivity index (χ1n) is 5.93. The van der Waals surface area contributed by atoms with Gasteiger partial charge in [0.2, 0.25) is 0 Å². The van der Waals surface area contributed by atoms with E-state index in [2.05, 4.69) is 15.9 Å². The molecule has 2 N–H and O–H groups in total. The van der Waals surface area contributed by atoms with Gasteiger partial charge in [0.15, 0.2) is 0 Å². The molecule has 0 unspecified atom stereocenters. The van der Waals surface area contributed by atoms with Gasteiger partial charge in [-0.15, -0.1) is 0 Å². The number of nitrogen functional groups attached to an aromatic ring is 1. The zero-order valence-corrected chi connectivity index (χ0v) is 12.3. The molecule has 0 bridgehead atoms. The lowest BCUT2D eigenvalue weighted by Gasteiger charge is -2.10. The van der Waals surface area contributed by atoms with E-state index in [-0.39, 0.29) is 0 Å². The van der Waals surface area contributed by atoms with Gasteiger partial charge in [0.1, 0.15) is 5.75 Å².